The Morgan fingerprint density at radius 3 is 2.44 bits per heavy atom. The van der Waals surface area contributed by atoms with E-state index in [0.29, 0.717) is 19.8 Å². The molecule has 18 heavy (non-hydrogen) atoms. The number of hydrogen-bond acceptors (Lipinski definition) is 3. The molecule has 1 aromatic rings. The molecule has 0 unspecified atom stereocenters. The van der Waals surface area contributed by atoms with Crippen molar-refractivity contribution in [2.24, 2.45) is 0 Å². The molecule has 0 aromatic heterocycles. The Bertz CT molecular complexity index is 471. The minimum Gasteiger partial charge on any atom is -0.370 e. The van der Waals surface area contributed by atoms with Gasteiger partial charge in [-0.2, -0.15) is 0 Å². The number of halogens is 1. The lowest BCUT2D eigenvalue weighted by Gasteiger charge is -2.25. The Morgan fingerprint density at radius 2 is 1.83 bits per heavy atom. The number of quaternary nitrogens is 1. The van der Waals surface area contributed by atoms with E-state index in [2.05, 4.69) is 0 Å². The van der Waals surface area contributed by atoms with Crippen LogP contribution in [0.15, 0.2) is 35.2 Å². The van der Waals surface area contributed by atoms with Crippen molar-refractivity contribution in [1.82, 2.24) is 0 Å². The largest absolute Gasteiger partial charge is 0.370 e. The standard InChI is InChI=1S/C12H16ClNO3S/c13-12(10-14-6-8-17-9-7-14)18(15,16)11-4-2-1-3-5-11/h1-5,12H,6-10H2/p+1/t12-/m0/s1. The number of sulfone groups is 1. The quantitative estimate of drug-likeness (QED) is 0.791. The van der Waals surface area contributed by atoms with Crippen LogP contribution in [0.2, 0.25) is 0 Å². The maximum absolute atomic E-state index is 12.2. The molecule has 1 aliphatic heterocycles. The highest BCUT2D eigenvalue weighted by Crippen LogP contribution is 2.17. The highest BCUT2D eigenvalue weighted by atomic mass is 35.5. The van der Waals surface area contributed by atoms with Crippen molar-refractivity contribution in [3.8, 4) is 0 Å². The summed E-state index contributed by atoms with van der Waals surface area (Å²) in [7, 11) is -3.43. The summed E-state index contributed by atoms with van der Waals surface area (Å²) in [6.07, 6.45) is 0. The molecule has 1 fully saturated rings. The number of nitrogens with one attached hydrogen (secondary N) is 1. The maximum atomic E-state index is 12.2. The lowest BCUT2D eigenvalue weighted by atomic mass is 10.4. The molecule has 0 amide bonds. The average Bonchev–Trinajstić information content (AvgIpc) is 2.41. The van der Waals surface area contributed by atoms with Gasteiger partial charge in [0, 0.05) is 0 Å². The first-order chi connectivity index (χ1) is 8.60. The van der Waals surface area contributed by atoms with Crippen molar-refractivity contribution in [3.63, 3.8) is 0 Å². The SMILES string of the molecule is O=S(=O)(c1ccccc1)[C@H](Cl)C[NH+]1CCOCC1. The van der Waals surface area contributed by atoms with Crippen LogP contribution in [0.5, 0.6) is 0 Å². The Labute approximate surface area is 112 Å². The molecule has 0 bridgehead atoms. The normalized spacial score (nSPS) is 19.6. The van der Waals surface area contributed by atoms with E-state index in [1.165, 1.54) is 4.90 Å². The zero-order valence-corrected chi connectivity index (χ0v) is 11.6. The van der Waals surface area contributed by atoms with Crippen LogP contribution in [-0.4, -0.2) is 46.0 Å². The molecule has 1 heterocycles. The van der Waals surface area contributed by atoms with Crippen molar-refractivity contribution in [1.29, 1.82) is 0 Å². The molecule has 0 spiro atoms. The summed E-state index contributed by atoms with van der Waals surface area (Å²) in [6.45, 7) is 3.39. The summed E-state index contributed by atoms with van der Waals surface area (Å²) in [6, 6.07) is 8.37. The number of rotatable bonds is 4. The molecule has 1 atom stereocenters. The molecule has 1 saturated heterocycles. The fourth-order valence-electron chi connectivity index (χ4n) is 1.96. The first-order valence-electron chi connectivity index (χ1n) is 5.95. The molecule has 1 aliphatic rings. The van der Waals surface area contributed by atoms with Crippen molar-refractivity contribution >= 4 is 21.4 Å². The summed E-state index contributed by atoms with van der Waals surface area (Å²) < 4.78 is 28.8. The van der Waals surface area contributed by atoms with Crippen LogP contribution in [0.25, 0.3) is 0 Å². The van der Waals surface area contributed by atoms with Crippen molar-refractivity contribution < 1.29 is 18.1 Å². The molecular weight excluding hydrogens is 274 g/mol. The van der Waals surface area contributed by atoms with Crippen LogP contribution in [0.1, 0.15) is 0 Å². The van der Waals surface area contributed by atoms with Gasteiger partial charge in [0.15, 0.2) is 4.71 Å². The summed E-state index contributed by atoms with van der Waals surface area (Å²) in [5.41, 5.74) is 0. The molecule has 2 rings (SSSR count). The molecule has 4 nitrogen and oxygen atoms in total. The molecule has 1 aromatic carbocycles. The Hall–Kier alpha value is -0.620. The summed E-state index contributed by atoms with van der Waals surface area (Å²) in [4.78, 5) is 1.47. The van der Waals surface area contributed by atoms with Crippen LogP contribution in [-0.2, 0) is 14.6 Å². The minimum absolute atomic E-state index is 0.289. The molecule has 0 aliphatic carbocycles. The highest BCUT2D eigenvalue weighted by Gasteiger charge is 2.30. The summed E-state index contributed by atoms with van der Waals surface area (Å²) in [5, 5.41) is 0. The van der Waals surface area contributed by atoms with Crippen LogP contribution >= 0.6 is 11.6 Å². The topological polar surface area (TPSA) is 47.8 Å². The molecule has 1 N–H and O–H groups in total. The average molecular weight is 291 g/mol. The van der Waals surface area contributed by atoms with E-state index in [9.17, 15) is 8.42 Å². The van der Waals surface area contributed by atoms with E-state index in [-0.39, 0.29) is 4.90 Å². The second-order valence-corrected chi connectivity index (χ2v) is 7.25. The van der Waals surface area contributed by atoms with Gasteiger partial charge in [0.25, 0.3) is 0 Å². The van der Waals surface area contributed by atoms with Gasteiger partial charge in [0.1, 0.15) is 19.6 Å². The molecule has 0 saturated carbocycles. The van der Waals surface area contributed by atoms with E-state index in [1.54, 1.807) is 30.3 Å². The van der Waals surface area contributed by atoms with E-state index in [0.717, 1.165) is 13.1 Å². The van der Waals surface area contributed by atoms with Gasteiger partial charge in [-0.3, -0.25) is 0 Å². The third-order valence-electron chi connectivity index (χ3n) is 3.06. The van der Waals surface area contributed by atoms with Crippen molar-refractivity contribution in [3.05, 3.63) is 30.3 Å². The van der Waals surface area contributed by atoms with E-state index in [1.807, 2.05) is 0 Å². The Balaban J connectivity index is 2.05. The second kappa shape index (κ2) is 6.02. The van der Waals surface area contributed by atoms with E-state index >= 15 is 0 Å². The first kappa shape index (κ1) is 13.8. The van der Waals surface area contributed by atoms with Gasteiger partial charge in [-0.25, -0.2) is 8.42 Å². The fourth-order valence-corrected chi connectivity index (χ4v) is 3.77. The van der Waals surface area contributed by atoms with Crippen molar-refractivity contribution in [2.45, 2.75) is 9.60 Å². The van der Waals surface area contributed by atoms with Gasteiger partial charge >= 0.3 is 0 Å². The number of benzene rings is 1. The van der Waals surface area contributed by atoms with Crippen LogP contribution in [0, 0.1) is 0 Å². The molecule has 0 radical (unpaired) electrons. The highest BCUT2D eigenvalue weighted by molar-refractivity contribution is 7.93. The molecular formula is C12H17ClNO3S+. The van der Waals surface area contributed by atoms with Crippen LogP contribution < -0.4 is 4.90 Å². The summed E-state index contributed by atoms with van der Waals surface area (Å²) >= 11 is 6.09. The van der Waals surface area contributed by atoms with Gasteiger partial charge in [0.05, 0.1) is 18.1 Å². The first-order valence-corrected chi connectivity index (χ1v) is 7.93. The van der Waals surface area contributed by atoms with Gasteiger partial charge in [-0.05, 0) is 12.1 Å². The lowest BCUT2D eigenvalue weighted by Crippen LogP contribution is -3.15. The third kappa shape index (κ3) is 3.23. The monoisotopic (exact) mass is 290 g/mol. The predicted octanol–water partition coefficient (Wildman–Crippen LogP) is -0.0597. The van der Waals surface area contributed by atoms with E-state index < -0.39 is 14.5 Å². The Morgan fingerprint density at radius 1 is 1.22 bits per heavy atom. The number of hydrogen-bond donors (Lipinski definition) is 1. The van der Waals surface area contributed by atoms with E-state index in [4.69, 9.17) is 16.3 Å². The minimum atomic E-state index is -3.43. The predicted molar refractivity (Wildman–Crippen MR) is 69.7 cm³/mol. The zero-order valence-electron chi connectivity index (χ0n) is 10.0. The van der Waals surface area contributed by atoms with Gasteiger partial charge < -0.3 is 9.64 Å². The molecule has 100 valence electrons. The second-order valence-electron chi connectivity index (χ2n) is 4.33. The maximum Gasteiger partial charge on any atom is 0.200 e. The fraction of sp³-hybridized carbons (Fsp3) is 0.500. The zero-order chi connectivity index (χ0) is 13.0. The number of alkyl halides is 1. The van der Waals surface area contributed by atoms with Crippen LogP contribution in [0.3, 0.4) is 0 Å². The van der Waals surface area contributed by atoms with Crippen LogP contribution in [0.4, 0.5) is 0 Å². The number of morpholine rings is 1. The van der Waals surface area contributed by atoms with Gasteiger partial charge in [0.2, 0.25) is 9.84 Å². The van der Waals surface area contributed by atoms with Gasteiger partial charge in [-0.1, -0.05) is 29.8 Å². The van der Waals surface area contributed by atoms with Gasteiger partial charge in [-0.15, -0.1) is 0 Å². The molecule has 6 heteroatoms. The lowest BCUT2D eigenvalue weighted by molar-refractivity contribution is -0.906. The number of ether oxygens (including phenoxy) is 1. The van der Waals surface area contributed by atoms with Crippen molar-refractivity contribution in [2.75, 3.05) is 32.8 Å². The Kier molecular flexibility index (Phi) is 4.61. The third-order valence-corrected chi connectivity index (χ3v) is 5.68. The smallest absolute Gasteiger partial charge is 0.200 e. The summed E-state index contributed by atoms with van der Waals surface area (Å²) in [5.74, 6) is 0.